The van der Waals surface area contributed by atoms with Crippen molar-refractivity contribution in [1.29, 1.82) is 0 Å². The Kier molecular flexibility index (Phi) is 11.4. The van der Waals surface area contributed by atoms with E-state index in [4.69, 9.17) is 4.99 Å². The zero-order valence-electron chi connectivity index (χ0n) is 15.0. The van der Waals surface area contributed by atoms with Crippen LogP contribution in [0.3, 0.4) is 0 Å². The fraction of sp³-hybridized carbons (Fsp3) is 0.706. The van der Waals surface area contributed by atoms with Crippen molar-refractivity contribution >= 4 is 53.0 Å². The maximum atomic E-state index is 4.72. The molecule has 0 radical (unpaired) electrons. The molecular formula is C17H31IN4S2. The molecule has 7 heteroatoms. The van der Waals surface area contributed by atoms with Crippen LogP contribution in [0.25, 0.3) is 0 Å². The van der Waals surface area contributed by atoms with E-state index in [-0.39, 0.29) is 24.0 Å². The number of rotatable bonds is 8. The zero-order valence-corrected chi connectivity index (χ0v) is 18.9. The number of halogens is 1. The number of nitrogens with one attached hydrogen (secondary N) is 2. The van der Waals surface area contributed by atoms with E-state index in [1.165, 1.54) is 30.8 Å². The first-order valence-corrected chi connectivity index (χ1v) is 10.7. The highest BCUT2D eigenvalue weighted by Crippen LogP contribution is 2.27. The summed E-state index contributed by atoms with van der Waals surface area (Å²) in [5.74, 6) is 0.939. The van der Waals surface area contributed by atoms with Crippen LogP contribution in [-0.2, 0) is 0 Å². The van der Waals surface area contributed by atoms with E-state index in [1.807, 2.05) is 23.1 Å². The standard InChI is InChI=1S/C17H30N4S2.HI/c1-4-18-17(19-12-14(2)22-3)20-13-15(16-8-7-11-23-16)21-9-5-6-10-21;/h7-8,11,14-15H,4-6,9-10,12-13H2,1-3H3,(H2,18,19,20);1H. The summed E-state index contributed by atoms with van der Waals surface area (Å²) in [6.07, 6.45) is 4.78. The molecule has 24 heavy (non-hydrogen) atoms. The van der Waals surface area contributed by atoms with Crippen LogP contribution in [-0.4, -0.2) is 55.1 Å². The summed E-state index contributed by atoms with van der Waals surface area (Å²) < 4.78 is 0. The number of thioether (sulfide) groups is 1. The van der Waals surface area contributed by atoms with Gasteiger partial charge in [0.15, 0.2) is 5.96 Å². The lowest BCUT2D eigenvalue weighted by molar-refractivity contribution is 0.249. The van der Waals surface area contributed by atoms with Gasteiger partial charge in [-0.15, -0.1) is 35.3 Å². The Hall–Kier alpha value is 0.01000. The highest BCUT2D eigenvalue weighted by Gasteiger charge is 2.24. The largest absolute Gasteiger partial charge is 0.357 e. The van der Waals surface area contributed by atoms with Crippen LogP contribution in [0.4, 0.5) is 0 Å². The van der Waals surface area contributed by atoms with E-state index in [1.54, 1.807) is 0 Å². The molecule has 4 nitrogen and oxygen atoms in total. The minimum absolute atomic E-state index is 0. The lowest BCUT2D eigenvalue weighted by Crippen LogP contribution is -2.42. The summed E-state index contributed by atoms with van der Waals surface area (Å²) in [4.78, 5) is 8.78. The molecule has 2 unspecified atom stereocenters. The summed E-state index contributed by atoms with van der Waals surface area (Å²) >= 11 is 3.72. The van der Waals surface area contributed by atoms with Crippen molar-refractivity contribution in [2.75, 3.05) is 39.0 Å². The van der Waals surface area contributed by atoms with Crippen LogP contribution >= 0.6 is 47.1 Å². The number of guanidine groups is 1. The van der Waals surface area contributed by atoms with Crippen molar-refractivity contribution in [1.82, 2.24) is 15.5 Å². The second kappa shape index (κ2) is 12.4. The Bertz CT molecular complexity index is 461. The minimum Gasteiger partial charge on any atom is -0.357 e. The molecule has 0 bridgehead atoms. The van der Waals surface area contributed by atoms with Gasteiger partial charge in [-0.05, 0) is 50.6 Å². The highest BCUT2D eigenvalue weighted by atomic mass is 127. The van der Waals surface area contributed by atoms with Gasteiger partial charge < -0.3 is 10.6 Å². The van der Waals surface area contributed by atoms with Crippen molar-refractivity contribution < 1.29 is 0 Å². The van der Waals surface area contributed by atoms with Gasteiger partial charge in [0.25, 0.3) is 0 Å². The topological polar surface area (TPSA) is 39.7 Å². The van der Waals surface area contributed by atoms with Crippen LogP contribution in [0.1, 0.15) is 37.6 Å². The summed E-state index contributed by atoms with van der Waals surface area (Å²) in [5.41, 5.74) is 0. The first-order chi connectivity index (χ1) is 11.2. The molecule has 0 saturated carbocycles. The van der Waals surface area contributed by atoms with Crippen molar-refractivity contribution in [3.05, 3.63) is 22.4 Å². The van der Waals surface area contributed by atoms with Gasteiger partial charge in [0.2, 0.25) is 0 Å². The number of hydrogen-bond acceptors (Lipinski definition) is 4. The van der Waals surface area contributed by atoms with E-state index in [9.17, 15) is 0 Å². The monoisotopic (exact) mass is 482 g/mol. The molecule has 1 aromatic heterocycles. The lowest BCUT2D eigenvalue weighted by atomic mass is 10.2. The molecule has 1 aliphatic heterocycles. The second-order valence-electron chi connectivity index (χ2n) is 5.92. The maximum Gasteiger partial charge on any atom is 0.191 e. The number of thiophene rings is 1. The molecule has 138 valence electrons. The molecule has 0 amide bonds. The van der Waals surface area contributed by atoms with Crippen molar-refractivity contribution in [2.45, 2.75) is 38.0 Å². The summed E-state index contributed by atoms with van der Waals surface area (Å²) in [7, 11) is 0. The van der Waals surface area contributed by atoms with Crippen molar-refractivity contribution in [2.24, 2.45) is 4.99 Å². The summed E-state index contributed by atoms with van der Waals surface area (Å²) in [6, 6.07) is 4.87. The summed E-state index contributed by atoms with van der Waals surface area (Å²) in [6.45, 7) is 9.42. The molecule has 1 saturated heterocycles. The van der Waals surface area contributed by atoms with E-state index < -0.39 is 0 Å². The molecule has 2 atom stereocenters. The van der Waals surface area contributed by atoms with Crippen LogP contribution in [0.15, 0.2) is 22.5 Å². The Morgan fingerprint density at radius 3 is 2.71 bits per heavy atom. The number of hydrogen-bond donors (Lipinski definition) is 2. The van der Waals surface area contributed by atoms with Crippen molar-refractivity contribution in [3.63, 3.8) is 0 Å². The van der Waals surface area contributed by atoms with Crippen LogP contribution in [0.2, 0.25) is 0 Å². The smallest absolute Gasteiger partial charge is 0.191 e. The van der Waals surface area contributed by atoms with E-state index in [0.29, 0.717) is 11.3 Å². The van der Waals surface area contributed by atoms with E-state index in [0.717, 1.165) is 25.6 Å². The fourth-order valence-corrected chi connectivity index (χ4v) is 3.86. The summed E-state index contributed by atoms with van der Waals surface area (Å²) in [5, 5.41) is 9.66. The van der Waals surface area contributed by atoms with Crippen LogP contribution < -0.4 is 10.6 Å². The quantitative estimate of drug-likeness (QED) is 0.336. The van der Waals surface area contributed by atoms with Gasteiger partial charge in [0.1, 0.15) is 0 Å². The molecule has 1 aromatic rings. The highest BCUT2D eigenvalue weighted by molar-refractivity contribution is 14.0. The molecule has 0 aliphatic carbocycles. The first kappa shape index (κ1) is 22.1. The molecule has 0 aromatic carbocycles. The van der Waals surface area contributed by atoms with Crippen LogP contribution in [0.5, 0.6) is 0 Å². The van der Waals surface area contributed by atoms with Gasteiger partial charge in [-0.2, -0.15) is 11.8 Å². The Morgan fingerprint density at radius 1 is 1.38 bits per heavy atom. The first-order valence-electron chi connectivity index (χ1n) is 8.57. The minimum atomic E-state index is 0. The Labute approximate surface area is 172 Å². The number of nitrogens with zero attached hydrogens (tertiary/aromatic N) is 2. The number of likely N-dealkylation sites (tertiary alicyclic amines) is 1. The van der Waals surface area contributed by atoms with Gasteiger partial charge in [-0.25, -0.2) is 0 Å². The Balaban J connectivity index is 0.00000288. The van der Waals surface area contributed by atoms with E-state index in [2.05, 4.69) is 53.1 Å². The Morgan fingerprint density at radius 2 is 2.12 bits per heavy atom. The molecule has 1 fully saturated rings. The average molecular weight is 483 g/mol. The number of aliphatic imine (C=N–C) groups is 1. The molecule has 0 spiro atoms. The molecule has 1 aliphatic rings. The predicted octanol–water partition coefficient (Wildman–Crippen LogP) is 3.81. The van der Waals surface area contributed by atoms with Gasteiger partial charge in [-0.3, -0.25) is 9.89 Å². The molecule has 2 heterocycles. The average Bonchev–Trinajstić information content (AvgIpc) is 3.26. The zero-order chi connectivity index (χ0) is 16.5. The maximum absolute atomic E-state index is 4.72. The third-order valence-electron chi connectivity index (χ3n) is 4.17. The lowest BCUT2D eigenvalue weighted by Gasteiger charge is -2.27. The fourth-order valence-electron chi connectivity index (χ4n) is 2.77. The van der Waals surface area contributed by atoms with Gasteiger partial charge in [-0.1, -0.05) is 13.0 Å². The second-order valence-corrected chi connectivity index (χ2v) is 8.18. The molecular weight excluding hydrogens is 451 g/mol. The third kappa shape index (κ3) is 7.09. The van der Waals surface area contributed by atoms with Crippen LogP contribution in [0, 0.1) is 0 Å². The molecule has 2 N–H and O–H groups in total. The van der Waals surface area contributed by atoms with E-state index >= 15 is 0 Å². The van der Waals surface area contributed by atoms with Gasteiger partial charge >= 0.3 is 0 Å². The van der Waals surface area contributed by atoms with Crippen molar-refractivity contribution in [3.8, 4) is 0 Å². The predicted molar refractivity (Wildman–Crippen MR) is 120 cm³/mol. The van der Waals surface area contributed by atoms with Gasteiger partial charge in [0.05, 0.1) is 12.6 Å². The SMILES string of the molecule is CCNC(=NCC(C)SC)NCC(c1cccs1)N1CCCC1.I. The molecule has 2 rings (SSSR count). The normalized spacial score (nSPS) is 18.0. The van der Waals surface area contributed by atoms with Gasteiger partial charge in [0, 0.05) is 23.2 Å². The third-order valence-corrected chi connectivity index (χ3v) is 6.10.